The van der Waals surface area contributed by atoms with E-state index in [1.807, 2.05) is 0 Å². The molecule has 0 N–H and O–H groups in total. The van der Waals surface area contributed by atoms with Crippen molar-refractivity contribution in [2.45, 2.75) is 220 Å². The summed E-state index contributed by atoms with van der Waals surface area (Å²) in [5, 5.41) is 0. The lowest BCUT2D eigenvalue weighted by Crippen LogP contribution is -2.30. The van der Waals surface area contributed by atoms with Crippen molar-refractivity contribution in [3.05, 3.63) is 0 Å². The van der Waals surface area contributed by atoms with Crippen LogP contribution >= 0.6 is 0 Å². The second-order valence-electron chi connectivity index (χ2n) is 14.0. The largest absolute Gasteiger partial charge is 0.462 e. The number of rotatable bonds is 35. The van der Waals surface area contributed by atoms with E-state index in [9.17, 15) is 14.4 Å². The van der Waals surface area contributed by atoms with Gasteiger partial charge in [0.1, 0.15) is 13.2 Å². The molecule has 0 aromatic heterocycles. The molecule has 0 aliphatic heterocycles. The van der Waals surface area contributed by atoms with Gasteiger partial charge in [-0.05, 0) is 25.2 Å². The van der Waals surface area contributed by atoms with Crippen LogP contribution in [-0.4, -0.2) is 37.2 Å². The van der Waals surface area contributed by atoms with E-state index in [2.05, 4.69) is 27.7 Å². The minimum atomic E-state index is -0.756. The Morgan fingerprint density at radius 1 is 0.413 bits per heavy atom. The van der Waals surface area contributed by atoms with Crippen LogP contribution in [0.2, 0.25) is 0 Å². The third-order valence-electron chi connectivity index (χ3n) is 8.79. The van der Waals surface area contributed by atoms with Crippen molar-refractivity contribution >= 4 is 17.9 Å². The van der Waals surface area contributed by atoms with Crippen LogP contribution in [0.5, 0.6) is 0 Å². The molecule has 0 bridgehead atoms. The Bertz CT molecular complexity index is 691. The Hall–Kier alpha value is -1.59. The second-order valence-corrected chi connectivity index (χ2v) is 14.0. The van der Waals surface area contributed by atoms with Crippen LogP contribution in [0.4, 0.5) is 0 Å². The van der Waals surface area contributed by atoms with Crippen molar-refractivity contribution in [3.8, 4) is 0 Å². The van der Waals surface area contributed by atoms with Crippen LogP contribution in [-0.2, 0) is 28.6 Å². The van der Waals surface area contributed by atoms with Gasteiger partial charge in [0.05, 0.1) is 0 Å². The zero-order chi connectivity index (χ0) is 33.9. The van der Waals surface area contributed by atoms with Gasteiger partial charge in [-0.25, -0.2) is 0 Å². The molecule has 0 aliphatic rings. The molecule has 0 aliphatic carbocycles. The van der Waals surface area contributed by atoms with Crippen LogP contribution in [0, 0.1) is 5.92 Å². The number of carbonyl (C=O) groups is 3. The molecule has 0 spiro atoms. The summed E-state index contributed by atoms with van der Waals surface area (Å²) >= 11 is 0. The number of hydrogen-bond donors (Lipinski definition) is 0. The van der Waals surface area contributed by atoms with Gasteiger partial charge < -0.3 is 14.2 Å². The first-order chi connectivity index (χ1) is 22.4. The Balaban J connectivity index is 4.33. The smallest absolute Gasteiger partial charge is 0.306 e. The summed E-state index contributed by atoms with van der Waals surface area (Å²) in [7, 11) is 0. The molecule has 0 fully saturated rings. The van der Waals surface area contributed by atoms with Gasteiger partial charge >= 0.3 is 17.9 Å². The molecule has 0 saturated heterocycles. The molecule has 272 valence electrons. The minimum Gasteiger partial charge on any atom is -0.462 e. The van der Waals surface area contributed by atoms with Crippen LogP contribution in [0.1, 0.15) is 214 Å². The molecule has 0 radical (unpaired) electrons. The van der Waals surface area contributed by atoms with Crippen LogP contribution in [0.15, 0.2) is 0 Å². The van der Waals surface area contributed by atoms with Gasteiger partial charge in [-0.1, -0.05) is 175 Å². The molecule has 0 saturated carbocycles. The molecule has 0 aromatic carbocycles. The average molecular weight is 653 g/mol. The Labute approximate surface area is 285 Å². The number of carbonyl (C=O) groups excluding carboxylic acids is 3. The minimum absolute atomic E-state index is 0.0656. The maximum atomic E-state index is 12.6. The molecule has 1 atom stereocenters. The molecule has 0 rings (SSSR count). The molecule has 0 amide bonds. The monoisotopic (exact) mass is 653 g/mol. The summed E-state index contributed by atoms with van der Waals surface area (Å²) in [6.45, 7) is 8.88. The highest BCUT2D eigenvalue weighted by molar-refractivity contribution is 5.71. The summed E-state index contributed by atoms with van der Waals surface area (Å²) in [6, 6.07) is 0. The van der Waals surface area contributed by atoms with Gasteiger partial charge in [-0.15, -0.1) is 0 Å². The quantitative estimate of drug-likeness (QED) is 0.0385. The third kappa shape index (κ3) is 33.8. The molecule has 6 nitrogen and oxygen atoms in total. The number of ether oxygens (including phenoxy) is 3. The van der Waals surface area contributed by atoms with Crippen molar-refractivity contribution in [1.29, 1.82) is 0 Å². The summed E-state index contributed by atoms with van der Waals surface area (Å²) in [5.74, 6) is -0.0787. The molecule has 6 heteroatoms. The summed E-state index contributed by atoms with van der Waals surface area (Å²) in [4.78, 5) is 37.3. The van der Waals surface area contributed by atoms with E-state index in [-0.39, 0.29) is 31.1 Å². The second kappa shape index (κ2) is 34.7. The third-order valence-corrected chi connectivity index (χ3v) is 8.79. The molecule has 0 unspecified atom stereocenters. The van der Waals surface area contributed by atoms with Crippen molar-refractivity contribution in [1.82, 2.24) is 0 Å². The lowest BCUT2D eigenvalue weighted by atomic mass is 10.0. The average Bonchev–Trinajstić information content (AvgIpc) is 3.03. The Morgan fingerprint density at radius 2 is 0.717 bits per heavy atom. The SMILES string of the molecule is CCCCCCCCCCCCC(=O)OC[C@@H](COC(=O)CCCCCCCCC)OC(=O)CCCCCCCCCCC(C)C. The molecule has 0 heterocycles. The highest BCUT2D eigenvalue weighted by atomic mass is 16.6. The highest BCUT2D eigenvalue weighted by Gasteiger charge is 2.19. The van der Waals surface area contributed by atoms with E-state index in [0.29, 0.717) is 19.3 Å². The van der Waals surface area contributed by atoms with Crippen molar-refractivity contribution in [3.63, 3.8) is 0 Å². The fourth-order valence-corrected chi connectivity index (χ4v) is 5.74. The zero-order valence-corrected chi connectivity index (χ0v) is 31.0. The fraction of sp³-hybridized carbons (Fsp3) is 0.925. The van der Waals surface area contributed by atoms with Crippen molar-refractivity contribution < 1.29 is 28.6 Å². The van der Waals surface area contributed by atoms with E-state index >= 15 is 0 Å². The highest BCUT2D eigenvalue weighted by Crippen LogP contribution is 2.15. The van der Waals surface area contributed by atoms with Gasteiger partial charge in [0.15, 0.2) is 6.10 Å². The van der Waals surface area contributed by atoms with E-state index in [0.717, 1.165) is 63.7 Å². The van der Waals surface area contributed by atoms with Gasteiger partial charge in [0.2, 0.25) is 0 Å². The first-order valence-corrected chi connectivity index (χ1v) is 19.9. The molecule has 0 aromatic rings. The predicted octanol–water partition coefficient (Wildman–Crippen LogP) is 12.0. The van der Waals surface area contributed by atoms with Crippen molar-refractivity contribution in [2.75, 3.05) is 13.2 Å². The molecular formula is C40H76O6. The maximum Gasteiger partial charge on any atom is 0.306 e. The van der Waals surface area contributed by atoms with Gasteiger partial charge in [-0.3, -0.25) is 14.4 Å². The number of hydrogen-bond acceptors (Lipinski definition) is 6. The zero-order valence-electron chi connectivity index (χ0n) is 31.0. The van der Waals surface area contributed by atoms with Crippen LogP contribution in [0.3, 0.4) is 0 Å². The van der Waals surface area contributed by atoms with Crippen LogP contribution in [0.25, 0.3) is 0 Å². The van der Waals surface area contributed by atoms with Gasteiger partial charge in [-0.2, -0.15) is 0 Å². The van der Waals surface area contributed by atoms with Crippen molar-refractivity contribution in [2.24, 2.45) is 5.92 Å². The van der Waals surface area contributed by atoms with Gasteiger partial charge in [0.25, 0.3) is 0 Å². The van der Waals surface area contributed by atoms with E-state index in [4.69, 9.17) is 14.2 Å². The van der Waals surface area contributed by atoms with Crippen LogP contribution < -0.4 is 0 Å². The fourth-order valence-electron chi connectivity index (χ4n) is 5.74. The molecule has 46 heavy (non-hydrogen) atoms. The Kier molecular flexibility index (Phi) is 33.5. The van der Waals surface area contributed by atoms with E-state index < -0.39 is 6.10 Å². The Morgan fingerprint density at radius 3 is 1.07 bits per heavy atom. The lowest BCUT2D eigenvalue weighted by molar-refractivity contribution is -0.167. The van der Waals surface area contributed by atoms with E-state index in [1.54, 1.807) is 0 Å². The maximum absolute atomic E-state index is 12.6. The molecular weight excluding hydrogens is 576 g/mol. The topological polar surface area (TPSA) is 78.9 Å². The first kappa shape index (κ1) is 44.4. The summed E-state index contributed by atoms with van der Waals surface area (Å²) in [5.41, 5.74) is 0. The predicted molar refractivity (Wildman–Crippen MR) is 192 cm³/mol. The first-order valence-electron chi connectivity index (χ1n) is 19.9. The number of unbranched alkanes of at least 4 members (excludes halogenated alkanes) is 22. The number of esters is 3. The lowest BCUT2D eigenvalue weighted by Gasteiger charge is -2.18. The van der Waals surface area contributed by atoms with Gasteiger partial charge in [0, 0.05) is 19.3 Å². The summed E-state index contributed by atoms with van der Waals surface area (Å²) < 4.78 is 16.6. The van der Waals surface area contributed by atoms with E-state index in [1.165, 1.54) is 109 Å². The summed E-state index contributed by atoms with van der Waals surface area (Å²) in [6.07, 6.45) is 31.0. The standard InChI is InChI=1S/C40H76O6/c1-5-7-9-11-13-14-15-20-24-28-32-39(42)45-35-37(34-44-38(41)31-27-23-18-12-10-8-6-2)46-40(43)33-29-25-21-17-16-19-22-26-30-36(3)4/h36-37H,5-35H2,1-4H3/t37-/m1/s1. The normalized spacial score (nSPS) is 11.9.